The molecule has 0 saturated heterocycles. The van der Waals surface area contributed by atoms with Gasteiger partial charge >= 0.3 is 0 Å². The number of allylic oxidation sites excluding steroid dienone is 1. The summed E-state index contributed by atoms with van der Waals surface area (Å²) in [6, 6.07) is 13.9. The minimum Gasteiger partial charge on any atom is -0.493 e. The second-order valence-electron chi connectivity index (χ2n) is 5.83. The van der Waals surface area contributed by atoms with Crippen LogP contribution in [-0.2, 0) is 0 Å². The maximum Gasteiger partial charge on any atom is 0.166 e. The van der Waals surface area contributed by atoms with Crippen LogP contribution < -0.4 is 10.5 Å². The largest absolute Gasteiger partial charge is 0.493 e. The Labute approximate surface area is 151 Å². The summed E-state index contributed by atoms with van der Waals surface area (Å²) in [6.07, 6.45) is 5.67. The Morgan fingerprint density at radius 1 is 1.04 bits per heavy atom. The van der Waals surface area contributed by atoms with E-state index in [2.05, 4.69) is 27.1 Å². The van der Waals surface area contributed by atoms with Crippen molar-refractivity contribution in [3.8, 4) is 5.75 Å². The van der Waals surface area contributed by atoms with Gasteiger partial charge in [0.1, 0.15) is 6.33 Å². The minimum atomic E-state index is 0.352. The van der Waals surface area contributed by atoms with Crippen LogP contribution in [0.5, 0.6) is 5.75 Å². The number of ether oxygens (including phenoxy) is 1. The zero-order valence-electron chi connectivity index (χ0n) is 14.3. The number of hydrogen-bond acceptors (Lipinski definition) is 6. The molecule has 0 atom stereocenters. The van der Waals surface area contributed by atoms with E-state index < -0.39 is 0 Å². The molecule has 1 aliphatic heterocycles. The molecule has 0 amide bonds. The highest BCUT2D eigenvalue weighted by Gasteiger charge is 2.23. The number of benzene rings is 1. The summed E-state index contributed by atoms with van der Waals surface area (Å²) in [5.41, 5.74) is 11.5. The number of methoxy groups -OCH3 is 1. The molecule has 3 aromatic rings. The lowest BCUT2D eigenvalue weighted by Crippen LogP contribution is -1.98. The van der Waals surface area contributed by atoms with Gasteiger partial charge in [0.05, 0.1) is 24.2 Å². The van der Waals surface area contributed by atoms with Gasteiger partial charge in [-0.1, -0.05) is 30.3 Å². The highest BCUT2D eigenvalue weighted by molar-refractivity contribution is 6.16. The van der Waals surface area contributed by atoms with E-state index in [0.717, 1.165) is 33.8 Å². The quantitative estimate of drug-likeness (QED) is 0.786. The lowest BCUT2D eigenvalue weighted by Gasteiger charge is -2.08. The molecule has 6 nitrogen and oxygen atoms in total. The van der Waals surface area contributed by atoms with Crippen molar-refractivity contribution >= 4 is 22.8 Å². The minimum absolute atomic E-state index is 0.352. The van der Waals surface area contributed by atoms with Gasteiger partial charge in [0.15, 0.2) is 11.6 Å². The zero-order valence-corrected chi connectivity index (χ0v) is 14.3. The van der Waals surface area contributed by atoms with Crippen molar-refractivity contribution in [3.63, 3.8) is 0 Å². The molecule has 0 bridgehead atoms. The fourth-order valence-electron chi connectivity index (χ4n) is 2.96. The molecule has 0 aliphatic carbocycles. The van der Waals surface area contributed by atoms with Crippen LogP contribution in [-0.4, -0.2) is 27.8 Å². The molecule has 128 valence electrons. The molecule has 0 radical (unpaired) electrons. The van der Waals surface area contributed by atoms with E-state index >= 15 is 0 Å². The Morgan fingerprint density at radius 2 is 1.88 bits per heavy atom. The third kappa shape index (κ3) is 2.93. The van der Waals surface area contributed by atoms with Crippen LogP contribution in [0.2, 0.25) is 0 Å². The number of aliphatic imine (C=N–C) groups is 1. The molecule has 6 heteroatoms. The SMILES string of the molecule is COc1cc(C2=C(c3ccncn3)CC(c3ccccc3)=N2)cnc1N. The molecular formula is C20H17N5O. The Balaban J connectivity index is 1.84. The van der Waals surface area contributed by atoms with Gasteiger partial charge in [-0.2, -0.15) is 0 Å². The maximum atomic E-state index is 5.85. The van der Waals surface area contributed by atoms with Crippen molar-refractivity contribution in [1.82, 2.24) is 15.0 Å². The molecule has 0 unspecified atom stereocenters. The molecule has 1 aromatic carbocycles. The van der Waals surface area contributed by atoms with Gasteiger partial charge in [-0.15, -0.1) is 0 Å². The van der Waals surface area contributed by atoms with Crippen molar-refractivity contribution in [2.45, 2.75) is 6.42 Å². The van der Waals surface area contributed by atoms with Gasteiger partial charge in [-0.3, -0.25) is 4.99 Å². The van der Waals surface area contributed by atoms with Crippen molar-refractivity contribution in [2.24, 2.45) is 4.99 Å². The fourth-order valence-corrected chi connectivity index (χ4v) is 2.96. The molecular weight excluding hydrogens is 326 g/mol. The first-order valence-corrected chi connectivity index (χ1v) is 8.18. The fraction of sp³-hybridized carbons (Fsp3) is 0.100. The highest BCUT2D eigenvalue weighted by Crippen LogP contribution is 2.37. The average molecular weight is 343 g/mol. The van der Waals surface area contributed by atoms with Crippen LogP contribution in [0.1, 0.15) is 23.2 Å². The second kappa shape index (κ2) is 6.76. The number of hydrogen-bond donors (Lipinski definition) is 1. The number of pyridine rings is 1. The molecule has 0 saturated carbocycles. The maximum absolute atomic E-state index is 5.85. The lowest BCUT2D eigenvalue weighted by molar-refractivity contribution is 0.415. The number of nitrogens with zero attached hydrogens (tertiary/aromatic N) is 4. The third-order valence-electron chi connectivity index (χ3n) is 4.25. The summed E-state index contributed by atoms with van der Waals surface area (Å²) < 4.78 is 5.31. The summed E-state index contributed by atoms with van der Waals surface area (Å²) in [7, 11) is 1.57. The van der Waals surface area contributed by atoms with Crippen molar-refractivity contribution < 1.29 is 4.74 Å². The van der Waals surface area contributed by atoms with Crippen molar-refractivity contribution in [3.05, 3.63) is 78.0 Å². The van der Waals surface area contributed by atoms with E-state index in [1.54, 1.807) is 25.8 Å². The topological polar surface area (TPSA) is 86.3 Å². The molecule has 0 fully saturated rings. The summed E-state index contributed by atoms with van der Waals surface area (Å²) in [5.74, 6) is 0.881. The standard InChI is InChI=1S/C20H17N5O/c1-26-18-9-14(11-23-20(18)21)19-15(16-7-8-22-12-24-16)10-17(25-19)13-5-3-2-4-6-13/h2-9,11-12H,10H2,1H3,(H2,21,23). The zero-order chi connectivity index (χ0) is 17.9. The molecule has 3 heterocycles. The monoisotopic (exact) mass is 343 g/mol. The van der Waals surface area contributed by atoms with Crippen LogP contribution in [0.25, 0.3) is 11.3 Å². The first kappa shape index (κ1) is 16.0. The van der Waals surface area contributed by atoms with E-state index in [-0.39, 0.29) is 0 Å². The molecule has 26 heavy (non-hydrogen) atoms. The number of nitrogens with two attached hydrogens (primary N) is 1. The Bertz CT molecular complexity index is 997. The predicted molar refractivity (Wildman–Crippen MR) is 102 cm³/mol. The Morgan fingerprint density at radius 3 is 2.62 bits per heavy atom. The summed E-state index contributed by atoms with van der Waals surface area (Å²) in [4.78, 5) is 17.5. The number of rotatable bonds is 4. The lowest BCUT2D eigenvalue weighted by atomic mass is 10.00. The van der Waals surface area contributed by atoms with E-state index in [0.29, 0.717) is 18.0 Å². The van der Waals surface area contributed by atoms with Gasteiger partial charge in [0.25, 0.3) is 0 Å². The predicted octanol–water partition coefficient (Wildman–Crippen LogP) is 3.22. The number of nitrogen functional groups attached to an aromatic ring is 1. The average Bonchev–Trinajstić information content (AvgIpc) is 3.15. The van der Waals surface area contributed by atoms with Gasteiger partial charge in [-0.25, -0.2) is 15.0 Å². The summed E-state index contributed by atoms with van der Waals surface area (Å²) in [6.45, 7) is 0. The normalized spacial score (nSPS) is 13.7. The third-order valence-corrected chi connectivity index (χ3v) is 4.25. The van der Waals surface area contributed by atoms with Crippen molar-refractivity contribution in [1.29, 1.82) is 0 Å². The van der Waals surface area contributed by atoms with Crippen LogP contribution >= 0.6 is 0 Å². The van der Waals surface area contributed by atoms with E-state index in [9.17, 15) is 0 Å². The first-order chi connectivity index (χ1) is 12.8. The van der Waals surface area contributed by atoms with Crippen LogP contribution in [0.4, 0.5) is 5.82 Å². The van der Waals surface area contributed by atoms with Crippen LogP contribution in [0.15, 0.2) is 66.2 Å². The summed E-state index contributed by atoms with van der Waals surface area (Å²) >= 11 is 0. The molecule has 0 spiro atoms. The van der Waals surface area contributed by atoms with E-state index in [4.69, 9.17) is 15.5 Å². The van der Waals surface area contributed by atoms with E-state index in [1.807, 2.05) is 30.3 Å². The summed E-state index contributed by atoms with van der Waals surface area (Å²) in [5, 5.41) is 0. The second-order valence-corrected chi connectivity index (χ2v) is 5.83. The van der Waals surface area contributed by atoms with Crippen LogP contribution in [0, 0.1) is 0 Å². The first-order valence-electron chi connectivity index (χ1n) is 8.18. The van der Waals surface area contributed by atoms with Gasteiger partial charge < -0.3 is 10.5 Å². The van der Waals surface area contributed by atoms with Crippen LogP contribution in [0.3, 0.4) is 0 Å². The Hall–Kier alpha value is -3.54. The Kier molecular flexibility index (Phi) is 4.15. The number of aromatic nitrogens is 3. The van der Waals surface area contributed by atoms with E-state index in [1.165, 1.54) is 0 Å². The van der Waals surface area contributed by atoms with Crippen molar-refractivity contribution in [2.75, 3.05) is 12.8 Å². The van der Waals surface area contributed by atoms with Gasteiger partial charge in [0, 0.05) is 30.0 Å². The molecule has 2 aromatic heterocycles. The smallest absolute Gasteiger partial charge is 0.166 e. The molecule has 4 rings (SSSR count). The highest BCUT2D eigenvalue weighted by atomic mass is 16.5. The van der Waals surface area contributed by atoms with Gasteiger partial charge in [-0.05, 0) is 17.7 Å². The molecule has 2 N–H and O–H groups in total. The molecule has 1 aliphatic rings. The number of anilines is 1. The van der Waals surface area contributed by atoms with Gasteiger partial charge in [0.2, 0.25) is 0 Å².